The zero-order chi connectivity index (χ0) is 14.8. The molecule has 0 heterocycles. The van der Waals surface area contributed by atoms with Crippen LogP contribution < -0.4 is 11.1 Å². The molecule has 4 nitrogen and oxygen atoms in total. The summed E-state index contributed by atoms with van der Waals surface area (Å²) >= 11 is 4.87. The van der Waals surface area contributed by atoms with E-state index in [1.807, 2.05) is 0 Å². The second-order valence-electron chi connectivity index (χ2n) is 4.56. The van der Waals surface area contributed by atoms with Crippen molar-refractivity contribution in [3.63, 3.8) is 0 Å². The van der Waals surface area contributed by atoms with Crippen molar-refractivity contribution in [2.45, 2.75) is 32.6 Å². The van der Waals surface area contributed by atoms with Crippen LogP contribution in [0.15, 0.2) is 24.3 Å². The molecule has 5 heteroatoms. The molecule has 3 N–H and O–H groups in total. The fourth-order valence-electron chi connectivity index (χ4n) is 1.62. The van der Waals surface area contributed by atoms with Crippen LogP contribution in [-0.2, 0) is 9.53 Å². The Morgan fingerprint density at radius 2 is 1.90 bits per heavy atom. The Hall–Kier alpha value is -1.46. The number of hydrogen-bond donors (Lipinski definition) is 2. The predicted molar refractivity (Wildman–Crippen MR) is 85.9 cm³/mol. The van der Waals surface area contributed by atoms with Crippen molar-refractivity contribution in [2.24, 2.45) is 5.73 Å². The molecule has 20 heavy (non-hydrogen) atoms. The fourth-order valence-corrected chi connectivity index (χ4v) is 1.76. The number of hydrogen-bond acceptors (Lipinski definition) is 3. The third-order valence-corrected chi connectivity index (χ3v) is 3.02. The van der Waals surface area contributed by atoms with Gasteiger partial charge in [0.05, 0.1) is 0 Å². The minimum absolute atomic E-state index is 0.00725. The van der Waals surface area contributed by atoms with Gasteiger partial charge in [0.15, 0.2) is 0 Å². The summed E-state index contributed by atoms with van der Waals surface area (Å²) in [5.74, 6) is -0.00725. The SMILES string of the molecule is CCCCOCCCC(=O)Nc1ccc(C(N)=S)cc1. The third-order valence-electron chi connectivity index (χ3n) is 2.79. The molecule has 0 spiro atoms. The zero-order valence-corrected chi connectivity index (χ0v) is 12.7. The van der Waals surface area contributed by atoms with Crippen LogP contribution >= 0.6 is 12.2 Å². The first-order valence-electron chi connectivity index (χ1n) is 6.91. The van der Waals surface area contributed by atoms with E-state index in [1.54, 1.807) is 24.3 Å². The molecule has 0 aliphatic rings. The van der Waals surface area contributed by atoms with Crippen molar-refractivity contribution in [1.29, 1.82) is 0 Å². The van der Waals surface area contributed by atoms with E-state index in [0.29, 0.717) is 18.0 Å². The number of nitrogens with two attached hydrogens (primary N) is 1. The Kier molecular flexibility index (Phi) is 7.84. The molecule has 1 aromatic carbocycles. The summed E-state index contributed by atoms with van der Waals surface area (Å²) in [4.78, 5) is 12.1. The summed E-state index contributed by atoms with van der Waals surface area (Å²) in [5, 5.41) is 2.83. The molecule has 0 unspecified atom stereocenters. The number of unbranched alkanes of at least 4 members (excludes halogenated alkanes) is 1. The number of nitrogens with one attached hydrogen (secondary N) is 1. The maximum absolute atomic E-state index is 11.7. The molecule has 0 saturated heterocycles. The lowest BCUT2D eigenvalue weighted by molar-refractivity contribution is -0.116. The van der Waals surface area contributed by atoms with Crippen molar-refractivity contribution < 1.29 is 9.53 Å². The summed E-state index contributed by atoms with van der Waals surface area (Å²) in [5.41, 5.74) is 7.06. The monoisotopic (exact) mass is 294 g/mol. The van der Waals surface area contributed by atoms with Crippen LogP contribution in [0.4, 0.5) is 5.69 Å². The van der Waals surface area contributed by atoms with Gasteiger partial charge in [-0.2, -0.15) is 0 Å². The lowest BCUT2D eigenvalue weighted by Crippen LogP contribution is -2.13. The summed E-state index contributed by atoms with van der Waals surface area (Å²) in [6.45, 7) is 3.53. The summed E-state index contributed by atoms with van der Waals surface area (Å²) in [6.07, 6.45) is 3.40. The van der Waals surface area contributed by atoms with Crippen LogP contribution in [0.3, 0.4) is 0 Å². The first-order chi connectivity index (χ1) is 9.63. The number of thiocarbonyl (C=S) groups is 1. The first kappa shape index (κ1) is 16.6. The lowest BCUT2D eigenvalue weighted by Gasteiger charge is -2.06. The van der Waals surface area contributed by atoms with Gasteiger partial charge in [-0.3, -0.25) is 4.79 Å². The Bertz CT molecular complexity index is 432. The number of anilines is 1. The van der Waals surface area contributed by atoms with E-state index < -0.39 is 0 Å². The highest BCUT2D eigenvalue weighted by molar-refractivity contribution is 7.80. The first-order valence-corrected chi connectivity index (χ1v) is 7.31. The second kappa shape index (κ2) is 9.44. The van der Waals surface area contributed by atoms with E-state index in [-0.39, 0.29) is 5.91 Å². The average molecular weight is 294 g/mol. The quantitative estimate of drug-likeness (QED) is 0.543. The van der Waals surface area contributed by atoms with Crippen LogP contribution in [0.2, 0.25) is 0 Å². The molecule has 0 aliphatic carbocycles. The predicted octanol–water partition coefficient (Wildman–Crippen LogP) is 2.86. The van der Waals surface area contributed by atoms with Gasteiger partial charge in [-0.15, -0.1) is 0 Å². The Morgan fingerprint density at radius 3 is 2.50 bits per heavy atom. The van der Waals surface area contributed by atoms with Crippen LogP contribution in [0.1, 0.15) is 38.2 Å². The minimum atomic E-state index is -0.00725. The van der Waals surface area contributed by atoms with Crippen molar-refractivity contribution in [3.05, 3.63) is 29.8 Å². The molecule has 1 amide bonds. The van der Waals surface area contributed by atoms with Gasteiger partial charge in [-0.05, 0) is 37.1 Å². The van der Waals surface area contributed by atoms with E-state index >= 15 is 0 Å². The number of amides is 1. The lowest BCUT2D eigenvalue weighted by atomic mass is 10.2. The van der Waals surface area contributed by atoms with Gasteiger partial charge in [0.2, 0.25) is 5.91 Å². The molecular formula is C15H22N2O2S. The van der Waals surface area contributed by atoms with Gasteiger partial charge in [0.1, 0.15) is 4.99 Å². The molecule has 0 aromatic heterocycles. The maximum Gasteiger partial charge on any atom is 0.224 e. The molecule has 0 atom stereocenters. The zero-order valence-electron chi connectivity index (χ0n) is 11.9. The molecule has 0 fully saturated rings. The molecule has 0 radical (unpaired) electrons. The number of carbonyl (C=O) groups is 1. The molecule has 1 rings (SSSR count). The number of rotatable bonds is 9. The van der Waals surface area contributed by atoms with E-state index in [1.165, 1.54) is 0 Å². The van der Waals surface area contributed by atoms with Crippen molar-refractivity contribution in [2.75, 3.05) is 18.5 Å². The van der Waals surface area contributed by atoms with E-state index in [9.17, 15) is 4.79 Å². The average Bonchev–Trinajstić information content (AvgIpc) is 2.43. The molecule has 0 aliphatic heterocycles. The van der Waals surface area contributed by atoms with Crippen LogP contribution in [-0.4, -0.2) is 24.1 Å². The summed E-state index contributed by atoms with van der Waals surface area (Å²) in [6, 6.07) is 7.19. The Balaban J connectivity index is 2.23. The largest absolute Gasteiger partial charge is 0.389 e. The topological polar surface area (TPSA) is 64.3 Å². The van der Waals surface area contributed by atoms with Gasteiger partial charge >= 0.3 is 0 Å². The van der Waals surface area contributed by atoms with Crippen LogP contribution in [0.5, 0.6) is 0 Å². The minimum Gasteiger partial charge on any atom is -0.389 e. The molecule has 110 valence electrons. The highest BCUT2D eigenvalue weighted by Gasteiger charge is 2.03. The van der Waals surface area contributed by atoms with E-state index in [2.05, 4.69) is 12.2 Å². The van der Waals surface area contributed by atoms with Crippen LogP contribution in [0.25, 0.3) is 0 Å². The van der Waals surface area contributed by atoms with E-state index in [4.69, 9.17) is 22.7 Å². The van der Waals surface area contributed by atoms with Gasteiger partial charge in [0, 0.05) is 30.9 Å². The van der Waals surface area contributed by atoms with Gasteiger partial charge < -0.3 is 15.8 Å². The van der Waals surface area contributed by atoms with Crippen molar-refractivity contribution in [1.82, 2.24) is 0 Å². The number of benzene rings is 1. The van der Waals surface area contributed by atoms with E-state index in [0.717, 1.165) is 37.1 Å². The Labute approximate surface area is 125 Å². The highest BCUT2D eigenvalue weighted by atomic mass is 32.1. The Morgan fingerprint density at radius 1 is 1.25 bits per heavy atom. The van der Waals surface area contributed by atoms with Gasteiger partial charge in [-0.1, -0.05) is 25.6 Å². The molecule has 1 aromatic rings. The fraction of sp³-hybridized carbons (Fsp3) is 0.467. The van der Waals surface area contributed by atoms with Crippen LogP contribution in [0, 0.1) is 0 Å². The number of ether oxygens (including phenoxy) is 1. The smallest absolute Gasteiger partial charge is 0.224 e. The van der Waals surface area contributed by atoms with Gasteiger partial charge in [0.25, 0.3) is 0 Å². The number of carbonyl (C=O) groups excluding carboxylic acids is 1. The van der Waals surface area contributed by atoms with Gasteiger partial charge in [-0.25, -0.2) is 0 Å². The van der Waals surface area contributed by atoms with Crippen molar-refractivity contribution >= 4 is 28.8 Å². The molecular weight excluding hydrogens is 272 g/mol. The summed E-state index contributed by atoms with van der Waals surface area (Å²) < 4.78 is 5.41. The normalized spacial score (nSPS) is 10.2. The third kappa shape index (κ3) is 6.63. The van der Waals surface area contributed by atoms with Crippen molar-refractivity contribution in [3.8, 4) is 0 Å². The molecule has 0 bridgehead atoms. The maximum atomic E-state index is 11.7. The second-order valence-corrected chi connectivity index (χ2v) is 5.00. The standard InChI is InChI=1S/C15H22N2O2S/c1-2-3-10-19-11-4-5-14(18)17-13-8-6-12(7-9-13)15(16)20/h6-9H,2-5,10-11H2,1H3,(H2,16,20)(H,17,18). The molecule has 0 saturated carbocycles. The summed E-state index contributed by atoms with van der Waals surface area (Å²) in [7, 11) is 0. The highest BCUT2D eigenvalue weighted by Crippen LogP contribution is 2.10.